The molecule has 0 unspecified atom stereocenters. The van der Waals surface area contributed by atoms with Crippen molar-refractivity contribution in [2.24, 2.45) is 11.8 Å². The number of alkyl halides is 1. The molecule has 0 bridgehead atoms. The van der Waals surface area contributed by atoms with E-state index in [2.05, 4.69) is 26.8 Å². The fraction of sp³-hybridized carbons (Fsp3) is 0.700. The van der Waals surface area contributed by atoms with Gasteiger partial charge in [0.1, 0.15) is 5.82 Å². The molecule has 150 valence electrons. The van der Waals surface area contributed by atoms with Gasteiger partial charge >= 0.3 is 0 Å². The normalized spacial score (nSPS) is 28.1. The van der Waals surface area contributed by atoms with Crippen molar-refractivity contribution in [2.75, 3.05) is 5.32 Å². The first-order valence-corrected chi connectivity index (χ1v) is 10.5. The van der Waals surface area contributed by atoms with Gasteiger partial charge in [0.05, 0.1) is 0 Å². The van der Waals surface area contributed by atoms with Gasteiger partial charge in [-0.15, -0.1) is 5.10 Å². The maximum absolute atomic E-state index is 13.9. The van der Waals surface area contributed by atoms with Crippen LogP contribution < -0.4 is 10.6 Å². The molecule has 2 heterocycles. The number of carbonyl (C=O) groups is 2. The smallest absolute Gasteiger partial charge is 0.257 e. The second-order valence-electron chi connectivity index (χ2n) is 8.68. The Morgan fingerprint density at radius 3 is 2.57 bits per heavy atom. The number of anilines is 1. The Hall–Kier alpha value is -2.25. The zero-order chi connectivity index (χ0) is 19.3. The first-order chi connectivity index (χ1) is 13.5. The summed E-state index contributed by atoms with van der Waals surface area (Å²) < 4.78 is 15.8. The lowest BCUT2D eigenvalue weighted by atomic mass is 9.83. The zero-order valence-corrected chi connectivity index (χ0v) is 15.9. The molecule has 0 saturated heterocycles. The molecular formula is C20H26FN5O2. The minimum Gasteiger partial charge on any atom is -0.351 e. The summed E-state index contributed by atoms with van der Waals surface area (Å²) in [6.45, 7) is 0. The van der Waals surface area contributed by atoms with Crippen molar-refractivity contribution in [1.29, 1.82) is 0 Å². The minimum absolute atomic E-state index is 0.0195. The monoisotopic (exact) mass is 387 g/mol. The number of nitrogens with zero attached hydrogens (tertiary/aromatic N) is 3. The van der Waals surface area contributed by atoms with Crippen molar-refractivity contribution in [3.05, 3.63) is 11.9 Å². The second-order valence-corrected chi connectivity index (χ2v) is 8.68. The van der Waals surface area contributed by atoms with Crippen LogP contribution in [0.15, 0.2) is 6.08 Å². The van der Waals surface area contributed by atoms with E-state index in [1.54, 1.807) is 0 Å². The van der Waals surface area contributed by atoms with E-state index in [0.717, 1.165) is 62.9 Å². The SMILES string of the molecule is O=C(Nc1nc2n(n1)C(C1CCC(NC(=O)C3(F)CC3)CC1)=CCC2)C1CC1. The summed E-state index contributed by atoms with van der Waals surface area (Å²) in [6, 6.07) is 0.0600. The van der Waals surface area contributed by atoms with Gasteiger partial charge in [-0.3, -0.25) is 14.9 Å². The Bertz CT molecular complexity index is 832. The highest BCUT2D eigenvalue weighted by molar-refractivity contribution is 5.92. The topological polar surface area (TPSA) is 88.9 Å². The number of aryl methyl sites for hydroxylation is 1. The van der Waals surface area contributed by atoms with Crippen LogP contribution >= 0.6 is 0 Å². The predicted octanol–water partition coefficient (Wildman–Crippen LogP) is 2.59. The molecule has 1 aliphatic heterocycles. The number of nitrogens with one attached hydrogen (secondary N) is 2. The van der Waals surface area contributed by atoms with Crippen molar-refractivity contribution in [3.8, 4) is 0 Å². The summed E-state index contributed by atoms with van der Waals surface area (Å²) in [5, 5.41) is 10.3. The minimum atomic E-state index is -1.60. The molecule has 3 saturated carbocycles. The third-order valence-electron chi connectivity index (χ3n) is 6.40. The van der Waals surface area contributed by atoms with Gasteiger partial charge in [-0.25, -0.2) is 9.07 Å². The standard InChI is InChI=1S/C20H26FN5O2/c21-20(10-11-20)18(28)22-14-8-6-12(7-9-14)15-2-1-3-16-23-19(25-26(15)16)24-17(27)13-4-5-13/h2,12-14H,1,3-11H2,(H,22,28)(H,24,25,27). The van der Waals surface area contributed by atoms with E-state index in [0.29, 0.717) is 24.7 Å². The van der Waals surface area contributed by atoms with Crippen molar-refractivity contribution in [3.63, 3.8) is 0 Å². The number of amides is 2. The van der Waals surface area contributed by atoms with Gasteiger partial charge in [0.15, 0.2) is 5.67 Å². The molecule has 1 aromatic heterocycles. The first kappa shape index (κ1) is 17.8. The molecule has 1 aromatic rings. The molecule has 3 aliphatic carbocycles. The van der Waals surface area contributed by atoms with Crippen LogP contribution in [0.5, 0.6) is 0 Å². The molecule has 0 spiro atoms. The number of aromatic nitrogens is 3. The van der Waals surface area contributed by atoms with Crippen LogP contribution in [0.4, 0.5) is 10.3 Å². The number of allylic oxidation sites excluding steroid dienone is 2. The van der Waals surface area contributed by atoms with Gasteiger partial charge < -0.3 is 5.32 Å². The quantitative estimate of drug-likeness (QED) is 0.813. The summed E-state index contributed by atoms with van der Waals surface area (Å²) in [5.74, 6) is 1.36. The highest BCUT2D eigenvalue weighted by Crippen LogP contribution is 2.41. The van der Waals surface area contributed by atoms with Crippen LogP contribution in [0.3, 0.4) is 0 Å². The van der Waals surface area contributed by atoms with Gasteiger partial charge in [0.2, 0.25) is 11.9 Å². The van der Waals surface area contributed by atoms with Crippen LogP contribution in [0.25, 0.3) is 5.70 Å². The first-order valence-electron chi connectivity index (χ1n) is 10.5. The van der Waals surface area contributed by atoms with Crippen LogP contribution in [-0.2, 0) is 16.0 Å². The molecule has 3 fully saturated rings. The molecular weight excluding hydrogens is 361 g/mol. The molecule has 8 heteroatoms. The molecule has 2 N–H and O–H groups in total. The van der Waals surface area contributed by atoms with E-state index >= 15 is 0 Å². The average Bonchev–Trinajstić information content (AvgIpc) is 3.61. The van der Waals surface area contributed by atoms with Crippen molar-refractivity contribution < 1.29 is 14.0 Å². The Kier molecular flexibility index (Phi) is 4.25. The molecule has 28 heavy (non-hydrogen) atoms. The highest BCUT2D eigenvalue weighted by Gasteiger charge is 2.51. The molecule has 0 atom stereocenters. The van der Waals surface area contributed by atoms with Gasteiger partial charge in [-0.1, -0.05) is 6.08 Å². The van der Waals surface area contributed by atoms with Crippen LogP contribution in [0.2, 0.25) is 0 Å². The van der Waals surface area contributed by atoms with Crippen molar-refractivity contribution >= 4 is 23.5 Å². The van der Waals surface area contributed by atoms with Gasteiger partial charge in [-0.05, 0) is 57.8 Å². The number of halogens is 1. The number of carbonyl (C=O) groups excluding carboxylic acids is 2. The lowest BCUT2D eigenvalue weighted by Crippen LogP contribution is -2.43. The maximum atomic E-state index is 13.9. The van der Waals surface area contributed by atoms with Gasteiger partial charge in [0, 0.05) is 30.0 Å². The number of hydrogen-bond donors (Lipinski definition) is 2. The fourth-order valence-electron chi connectivity index (χ4n) is 4.28. The molecule has 5 rings (SSSR count). The van der Waals surface area contributed by atoms with E-state index in [1.807, 2.05) is 4.68 Å². The Labute approximate surface area is 163 Å². The van der Waals surface area contributed by atoms with Gasteiger partial charge in [0.25, 0.3) is 5.91 Å². The summed E-state index contributed by atoms with van der Waals surface area (Å²) in [4.78, 5) is 28.4. The number of hydrogen-bond acceptors (Lipinski definition) is 4. The Balaban J connectivity index is 1.21. The van der Waals surface area contributed by atoms with Crippen LogP contribution in [0.1, 0.15) is 63.6 Å². The van der Waals surface area contributed by atoms with E-state index in [-0.39, 0.29) is 17.9 Å². The van der Waals surface area contributed by atoms with Crippen molar-refractivity contribution in [1.82, 2.24) is 20.1 Å². The molecule has 4 aliphatic rings. The summed E-state index contributed by atoms with van der Waals surface area (Å²) in [6.07, 6.45) is 10.1. The highest BCUT2D eigenvalue weighted by atomic mass is 19.1. The van der Waals surface area contributed by atoms with Crippen LogP contribution in [0, 0.1) is 11.8 Å². The third-order valence-corrected chi connectivity index (χ3v) is 6.40. The number of rotatable bonds is 5. The Morgan fingerprint density at radius 2 is 1.89 bits per heavy atom. The summed E-state index contributed by atoms with van der Waals surface area (Å²) in [5.41, 5.74) is -0.450. The lowest BCUT2D eigenvalue weighted by Gasteiger charge is -2.32. The molecule has 7 nitrogen and oxygen atoms in total. The summed E-state index contributed by atoms with van der Waals surface area (Å²) in [7, 11) is 0. The van der Waals surface area contributed by atoms with E-state index in [1.165, 1.54) is 0 Å². The lowest BCUT2D eigenvalue weighted by molar-refractivity contribution is -0.128. The van der Waals surface area contributed by atoms with E-state index in [9.17, 15) is 14.0 Å². The second kappa shape index (κ2) is 6.67. The summed E-state index contributed by atoms with van der Waals surface area (Å²) >= 11 is 0. The third kappa shape index (κ3) is 3.44. The fourth-order valence-corrected chi connectivity index (χ4v) is 4.28. The largest absolute Gasteiger partial charge is 0.351 e. The Morgan fingerprint density at radius 1 is 1.14 bits per heavy atom. The molecule has 0 radical (unpaired) electrons. The average molecular weight is 387 g/mol. The van der Waals surface area contributed by atoms with Crippen molar-refractivity contribution in [2.45, 2.75) is 75.9 Å². The van der Waals surface area contributed by atoms with Gasteiger partial charge in [-0.2, -0.15) is 4.98 Å². The number of fused-ring (bicyclic) bond motifs is 1. The van der Waals surface area contributed by atoms with E-state index < -0.39 is 11.6 Å². The molecule has 0 aromatic carbocycles. The van der Waals surface area contributed by atoms with Crippen LogP contribution in [-0.4, -0.2) is 38.3 Å². The zero-order valence-electron chi connectivity index (χ0n) is 15.9. The molecule has 2 amide bonds. The van der Waals surface area contributed by atoms with E-state index in [4.69, 9.17) is 0 Å². The predicted molar refractivity (Wildman–Crippen MR) is 101 cm³/mol. The maximum Gasteiger partial charge on any atom is 0.257 e.